The van der Waals surface area contributed by atoms with Crippen molar-refractivity contribution in [3.63, 3.8) is 0 Å². The summed E-state index contributed by atoms with van der Waals surface area (Å²) in [6, 6.07) is 4.16. The lowest BCUT2D eigenvalue weighted by Crippen LogP contribution is -2.29. The van der Waals surface area contributed by atoms with Crippen LogP contribution in [0.5, 0.6) is 0 Å². The molecule has 0 atom stereocenters. The molecule has 2 aliphatic carbocycles. The van der Waals surface area contributed by atoms with E-state index in [9.17, 15) is 4.79 Å². The van der Waals surface area contributed by atoms with Gasteiger partial charge in [0.15, 0.2) is 5.78 Å². The van der Waals surface area contributed by atoms with E-state index in [1.54, 1.807) is 0 Å². The second kappa shape index (κ2) is 4.05. The highest BCUT2D eigenvalue weighted by atomic mass is 16.1. The zero-order valence-corrected chi connectivity index (χ0v) is 10.8. The summed E-state index contributed by atoms with van der Waals surface area (Å²) in [5.41, 5.74) is 7.13. The summed E-state index contributed by atoms with van der Waals surface area (Å²) in [5.74, 6) is 0.340. The van der Waals surface area contributed by atoms with Crippen LogP contribution in [-0.4, -0.2) is 10.8 Å². The summed E-state index contributed by atoms with van der Waals surface area (Å²) < 4.78 is 0. The third-order valence-corrected chi connectivity index (χ3v) is 4.38. The van der Waals surface area contributed by atoms with Gasteiger partial charge in [0.25, 0.3) is 0 Å². The molecule has 0 bridgehead atoms. The summed E-state index contributed by atoms with van der Waals surface area (Å²) in [4.78, 5) is 16.5. The molecule has 0 spiro atoms. The van der Waals surface area contributed by atoms with Crippen LogP contribution < -0.4 is 5.32 Å². The van der Waals surface area contributed by atoms with Crippen molar-refractivity contribution in [1.82, 2.24) is 10.3 Å². The molecule has 3 aliphatic rings. The lowest BCUT2D eigenvalue weighted by atomic mass is 9.82. The number of dihydropyridines is 1. The molecule has 2 heterocycles. The predicted octanol–water partition coefficient (Wildman–Crippen LogP) is 2.74. The van der Waals surface area contributed by atoms with Gasteiger partial charge >= 0.3 is 0 Å². The Hall–Kier alpha value is -1.90. The van der Waals surface area contributed by atoms with Gasteiger partial charge in [0.1, 0.15) is 0 Å². The number of carbonyl (C=O) groups excluding carboxylic acids is 1. The molecular formula is C16H16N2O. The maximum atomic E-state index is 12.0. The maximum absolute atomic E-state index is 12.0. The van der Waals surface area contributed by atoms with Gasteiger partial charge in [-0.25, -0.2) is 0 Å². The van der Waals surface area contributed by atoms with E-state index in [0.29, 0.717) is 5.78 Å². The Kier molecular flexibility index (Phi) is 2.34. The van der Waals surface area contributed by atoms with Crippen LogP contribution in [0.4, 0.5) is 0 Å². The number of allylic oxidation sites excluding steroid dienone is 3. The van der Waals surface area contributed by atoms with Gasteiger partial charge in [0.05, 0.1) is 11.4 Å². The highest BCUT2D eigenvalue weighted by molar-refractivity contribution is 5.98. The third kappa shape index (κ3) is 1.65. The number of Topliss-reactive ketones (excluding diaryl/α,β-unsaturated/α-hetero) is 1. The van der Waals surface area contributed by atoms with E-state index in [1.807, 2.05) is 12.3 Å². The van der Waals surface area contributed by atoms with Crippen LogP contribution in [-0.2, 0) is 11.2 Å². The number of hydrogen-bond donors (Lipinski definition) is 1. The van der Waals surface area contributed by atoms with Crippen LogP contribution in [0.3, 0.4) is 0 Å². The number of pyridine rings is 1. The Bertz CT molecular complexity index is 640. The first-order valence-electron chi connectivity index (χ1n) is 7.01. The van der Waals surface area contributed by atoms with Gasteiger partial charge in [-0.05, 0) is 42.9 Å². The molecule has 19 heavy (non-hydrogen) atoms. The number of ketones is 1. The van der Waals surface area contributed by atoms with Gasteiger partial charge < -0.3 is 5.32 Å². The number of nitrogens with one attached hydrogen (secondary N) is 1. The third-order valence-electron chi connectivity index (χ3n) is 4.38. The molecule has 3 heteroatoms. The molecule has 0 aromatic carbocycles. The van der Waals surface area contributed by atoms with Crippen molar-refractivity contribution in [3.05, 3.63) is 46.4 Å². The average Bonchev–Trinajstić information content (AvgIpc) is 2.46. The van der Waals surface area contributed by atoms with E-state index in [4.69, 9.17) is 0 Å². The lowest BCUT2D eigenvalue weighted by molar-refractivity contribution is -0.116. The zero-order valence-electron chi connectivity index (χ0n) is 10.8. The number of aromatic nitrogens is 1. The second-order valence-electron chi connectivity index (χ2n) is 5.53. The molecule has 96 valence electrons. The van der Waals surface area contributed by atoms with Crippen LogP contribution in [0.15, 0.2) is 35.2 Å². The Balaban J connectivity index is 1.78. The van der Waals surface area contributed by atoms with Crippen molar-refractivity contribution in [2.45, 2.75) is 38.5 Å². The highest BCUT2D eigenvalue weighted by Crippen LogP contribution is 2.38. The Labute approximate surface area is 112 Å². The maximum Gasteiger partial charge on any atom is 0.160 e. The standard InChI is InChI=1S/C16H16N2O/c19-14-5-1-4-13-12(14)9-11-7-6-10-3-2-8-17-15(10)16(11)18-13/h2-3,8,18H,1,4-7,9H2. The van der Waals surface area contributed by atoms with Gasteiger partial charge in [-0.2, -0.15) is 0 Å². The lowest BCUT2D eigenvalue weighted by Gasteiger charge is -2.32. The number of hydrogen-bond acceptors (Lipinski definition) is 3. The first kappa shape index (κ1) is 11.0. The molecule has 0 fully saturated rings. The molecule has 1 aliphatic heterocycles. The van der Waals surface area contributed by atoms with Crippen molar-refractivity contribution in [1.29, 1.82) is 0 Å². The second-order valence-corrected chi connectivity index (χ2v) is 5.53. The summed E-state index contributed by atoms with van der Waals surface area (Å²) in [7, 11) is 0. The normalized spacial score (nSPS) is 21.6. The van der Waals surface area contributed by atoms with E-state index in [0.717, 1.165) is 55.5 Å². The topological polar surface area (TPSA) is 42.0 Å². The summed E-state index contributed by atoms with van der Waals surface area (Å²) >= 11 is 0. The van der Waals surface area contributed by atoms with Gasteiger partial charge in [0, 0.05) is 30.3 Å². The smallest absolute Gasteiger partial charge is 0.160 e. The average molecular weight is 252 g/mol. The zero-order chi connectivity index (χ0) is 12.8. The fraction of sp³-hybridized carbons (Fsp3) is 0.375. The largest absolute Gasteiger partial charge is 0.357 e. The molecule has 1 N–H and O–H groups in total. The number of carbonyl (C=O) groups is 1. The Morgan fingerprint density at radius 2 is 2.11 bits per heavy atom. The fourth-order valence-corrected chi connectivity index (χ4v) is 3.37. The number of nitrogens with zero attached hydrogens (tertiary/aromatic N) is 1. The van der Waals surface area contributed by atoms with Gasteiger partial charge in [-0.3, -0.25) is 9.78 Å². The minimum Gasteiger partial charge on any atom is -0.357 e. The van der Waals surface area contributed by atoms with Gasteiger partial charge in [-0.1, -0.05) is 6.07 Å². The Morgan fingerprint density at radius 3 is 3.05 bits per heavy atom. The molecule has 3 nitrogen and oxygen atoms in total. The van der Waals surface area contributed by atoms with E-state index in [2.05, 4.69) is 16.4 Å². The minimum absolute atomic E-state index is 0.340. The molecule has 0 amide bonds. The van der Waals surface area contributed by atoms with Crippen molar-refractivity contribution in [2.24, 2.45) is 0 Å². The van der Waals surface area contributed by atoms with Crippen molar-refractivity contribution < 1.29 is 4.79 Å². The van der Waals surface area contributed by atoms with Crippen LogP contribution in [0, 0.1) is 0 Å². The molecule has 0 saturated carbocycles. The van der Waals surface area contributed by atoms with Crippen LogP contribution >= 0.6 is 0 Å². The van der Waals surface area contributed by atoms with Gasteiger partial charge in [-0.15, -0.1) is 0 Å². The summed E-state index contributed by atoms with van der Waals surface area (Å²) in [6.45, 7) is 0. The molecule has 1 aromatic heterocycles. The highest BCUT2D eigenvalue weighted by Gasteiger charge is 2.30. The number of rotatable bonds is 0. The fourth-order valence-electron chi connectivity index (χ4n) is 3.37. The minimum atomic E-state index is 0.340. The summed E-state index contributed by atoms with van der Waals surface area (Å²) in [6.07, 6.45) is 7.48. The van der Waals surface area contributed by atoms with Crippen LogP contribution in [0.1, 0.15) is 43.4 Å². The molecule has 4 rings (SSSR count). The van der Waals surface area contributed by atoms with Gasteiger partial charge in [0.2, 0.25) is 0 Å². The van der Waals surface area contributed by atoms with Crippen molar-refractivity contribution >= 4 is 11.5 Å². The molecule has 0 unspecified atom stereocenters. The van der Waals surface area contributed by atoms with E-state index >= 15 is 0 Å². The predicted molar refractivity (Wildman–Crippen MR) is 73.1 cm³/mol. The van der Waals surface area contributed by atoms with Crippen LogP contribution in [0.2, 0.25) is 0 Å². The molecular weight excluding hydrogens is 236 g/mol. The van der Waals surface area contributed by atoms with Crippen molar-refractivity contribution in [3.8, 4) is 0 Å². The summed E-state index contributed by atoms with van der Waals surface area (Å²) in [5, 5.41) is 3.52. The quantitative estimate of drug-likeness (QED) is 0.772. The molecule has 0 radical (unpaired) electrons. The first-order valence-corrected chi connectivity index (χ1v) is 7.01. The van der Waals surface area contributed by atoms with E-state index in [1.165, 1.54) is 16.8 Å². The molecule has 0 saturated heterocycles. The SMILES string of the molecule is O=C1CCCC2=C1CC1=C(N2)c2ncccc2CC1. The van der Waals surface area contributed by atoms with Crippen molar-refractivity contribution in [2.75, 3.05) is 0 Å². The Morgan fingerprint density at radius 1 is 1.16 bits per heavy atom. The van der Waals surface area contributed by atoms with E-state index < -0.39 is 0 Å². The molecule has 1 aromatic rings. The van der Waals surface area contributed by atoms with Crippen LogP contribution in [0.25, 0.3) is 5.70 Å². The number of fused-ring (bicyclic) bond motifs is 2. The number of aryl methyl sites for hydroxylation is 1. The monoisotopic (exact) mass is 252 g/mol. The first-order chi connectivity index (χ1) is 9.33. The van der Waals surface area contributed by atoms with E-state index in [-0.39, 0.29) is 0 Å².